The molecule has 0 spiro atoms. The highest BCUT2D eigenvalue weighted by atomic mass is 16.4. The minimum Gasteiger partial charge on any atom is -0.480 e. The third-order valence-corrected chi connectivity index (χ3v) is 4.36. The molecule has 1 amide bonds. The van der Waals surface area contributed by atoms with Crippen LogP contribution in [-0.2, 0) is 17.8 Å². The monoisotopic (exact) mass is 322 g/mol. The Kier molecular flexibility index (Phi) is 3.26. The van der Waals surface area contributed by atoms with Gasteiger partial charge in [-0.25, -0.2) is 4.79 Å². The Balaban J connectivity index is 1.72. The first-order valence-electron chi connectivity index (χ1n) is 7.54. The van der Waals surface area contributed by atoms with E-state index in [1.165, 1.54) is 4.90 Å². The van der Waals surface area contributed by atoms with Crippen LogP contribution in [0, 0.1) is 0 Å². The minimum atomic E-state index is -1.000. The number of hydrogen-bond acceptors (Lipinski definition) is 4. The molecule has 0 radical (unpaired) electrons. The number of aromatic amines is 1. The molecule has 1 aliphatic rings. The molecule has 1 aliphatic heterocycles. The van der Waals surface area contributed by atoms with Gasteiger partial charge in [0.2, 0.25) is 0 Å². The summed E-state index contributed by atoms with van der Waals surface area (Å²) >= 11 is 0. The van der Waals surface area contributed by atoms with Crippen molar-refractivity contribution in [3.8, 4) is 0 Å². The highest BCUT2D eigenvalue weighted by Crippen LogP contribution is 2.25. The number of hydrogen-bond donors (Lipinski definition) is 2. The zero-order chi connectivity index (χ0) is 16.7. The second kappa shape index (κ2) is 5.45. The largest absolute Gasteiger partial charge is 0.480 e. The summed E-state index contributed by atoms with van der Waals surface area (Å²) in [5.41, 5.74) is 3.59. The Morgan fingerprint density at radius 2 is 1.83 bits per heavy atom. The van der Waals surface area contributed by atoms with Crippen molar-refractivity contribution in [2.75, 3.05) is 0 Å². The summed E-state index contributed by atoms with van der Waals surface area (Å²) in [5, 5.41) is 20.0. The first kappa shape index (κ1) is 14.4. The van der Waals surface area contributed by atoms with Crippen molar-refractivity contribution in [3.05, 3.63) is 59.2 Å². The molecule has 2 N–H and O–H groups in total. The SMILES string of the molecule is O=C(O)[C@H]1Cc2ccccc2CN1C(=O)c1ccc2n[nH]nc2c1. The highest BCUT2D eigenvalue weighted by Gasteiger charge is 2.35. The molecule has 7 nitrogen and oxygen atoms in total. The van der Waals surface area contributed by atoms with Crippen molar-refractivity contribution in [1.29, 1.82) is 0 Å². The maximum absolute atomic E-state index is 12.9. The van der Waals surface area contributed by atoms with Crippen molar-refractivity contribution in [1.82, 2.24) is 20.3 Å². The van der Waals surface area contributed by atoms with Gasteiger partial charge in [-0.1, -0.05) is 24.3 Å². The van der Waals surface area contributed by atoms with Crippen LogP contribution in [0.3, 0.4) is 0 Å². The number of aromatic nitrogens is 3. The number of rotatable bonds is 2. The smallest absolute Gasteiger partial charge is 0.326 e. The average molecular weight is 322 g/mol. The van der Waals surface area contributed by atoms with Crippen LogP contribution >= 0.6 is 0 Å². The number of carboxylic acid groups (broad SMARTS) is 1. The van der Waals surface area contributed by atoms with Gasteiger partial charge >= 0.3 is 5.97 Å². The lowest BCUT2D eigenvalue weighted by atomic mass is 9.93. The van der Waals surface area contributed by atoms with E-state index in [9.17, 15) is 14.7 Å². The summed E-state index contributed by atoms with van der Waals surface area (Å²) in [7, 11) is 0. The molecule has 24 heavy (non-hydrogen) atoms. The number of carbonyl (C=O) groups excluding carboxylic acids is 1. The molecule has 0 fully saturated rings. The van der Waals surface area contributed by atoms with Crippen LogP contribution in [0.25, 0.3) is 11.0 Å². The Labute approximate surface area is 136 Å². The highest BCUT2D eigenvalue weighted by molar-refractivity contribution is 5.99. The lowest BCUT2D eigenvalue weighted by Gasteiger charge is -2.34. The normalized spacial score (nSPS) is 16.8. The molecular formula is C17H14N4O3. The predicted molar refractivity (Wildman–Crippen MR) is 85.3 cm³/mol. The molecule has 3 aromatic rings. The number of aliphatic carboxylic acids is 1. The molecule has 0 aliphatic carbocycles. The molecule has 1 aromatic heterocycles. The van der Waals surface area contributed by atoms with Crippen LogP contribution in [-0.4, -0.2) is 43.3 Å². The summed E-state index contributed by atoms with van der Waals surface area (Å²) in [6.45, 7) is 0.281. The van der Waals surface area contributed by atoms with Gasteiger partial charge in [-0.05, 0) is 29.3 Å². The number of nitrogens with zero attached hydrogens (tertiary/aromatic N) is 3. The van der Waals surface area contributed by atoms with Crippen molar-refractivity contribution >= 4 is 22.9 Å². The van der Waals surface area contributed by atoms with Crippen LogP contribution in [0.4, 0.5) is 0 Å². The molecule has 2 heterocycles. The zero-order valence-corrected chi connectivity index (χ0v) is 12.6. The van der Waals surface area contributed by atoms with E-state index < -0.39 is 12.0 Å². The topological polar surface area (TPSA) is 99.2 Å². The number of nitrogens with one attached hydrogen (secondary N) is 1. The summed E-state index contributed by atoms with van der Waals surface area (Å²) in [6, 6.07) is 11.7. The maximum atomic E-state index is 12.9. The van der Waals surface area contributed by atoms with Gasteiger partial charge < -0.3 is 10.0 Å². The van der Waals surface area contributed by atoms with Crippen LogP contribution in [0.15, 0.2) is 42.5 Å². The van der Waals surface area contributed by atoms with Gasteiger partial charge in [0.1, 0.15) is 17.1 Å². The van der Waals surface area contributed by atoms with E-state index in [2.05, 4.69) is 15.4 Å². The average Bonchev–Trinajstić information content (AvgIpc) is 3.07. The van der Waals surface area contributed by atoms with Crippen molar-refractivity contribution in [2.45, 2.75) is 19.0 Å². The first-order valence-corrected chi connectivity index (χ1v) is 7.54. The molecular weight excluding hydrogens is 308 g/mol. The number of benzene rings is 2. The standard InChI is InChI=1S/C17H14N4O3/c22-16(11-5-6-13-14(7-11)19-20-18-13)21-9-12-4-2-1-3-10(12)8-15(21)17(23)24/h1-7,15H,8-9H2,(H,23,24)(H,18,19,20)/t15-/m1/s1. The maximum Gasteiger partial charge on any atom is 0.326 e. The number of carbonyl (C=O) groups is 2. The fourth-order valence-corrected chi connectivity index (χ4v) is 3.10. The molecule has 0 saturated carbocycles. The third-order valence-electron chi connectivity index (χ3n) is 4.36. The van der Waals surface area contributed by atoms with Gasteiger partial charge in [0.15, 0.2) is 0 Å². The Morgan fingerprint density at radius 1 is 1.08 bits per heavy atom. The predicted octanol–water partition coefficient (Wildman–Crippen LogP) is 1.61. The lowest BCUT2D eigenvalue weighted by Crippen LogP contribution is -2.48. The zero-order valence-electron chi connectivity index (χ0n) is 12.6. The molecule has 120 valence electrons. The molecule has 1 atom stereocenters. The molecule has 7 heteroatoms. The fourth-order valence-electron chi connectivity index (χ4n) is 3.10. The molecule has 4 rings (SSSR count). The van der Waals surface area contributed by atoms with E-state index in [-0.39, 0.29) is 12.5 Å². The van der Waals surface area contributed by atoms with Gasteiger partial charge in [-0.2, -0.15) is 15.4 Å². The fraction of sp³-hybridized carbons (Fsp3) is 0.176. The second-order valence-corrected chi connectivity index (χ2v) is 5.79. The molecule has 0 unspecified atom stereocenters. The van der Waals surface area contributed by atoms with Crippen molar-refractivity contribution < 1.29 is 14.7 Å². The van der Waals surface area contributed by atoms with E-state index in [0.717, 1.165) is 11.1 Å². The van der Waals surface area contributed by atoms with Crippen molar-refractivity contribution in [3.63, 3.8) is 0 Å². The van der Waals surface area contributed by atoms with Crippen LogP contribution < -0.4 is 0 Å². The number of carboxylic acids is 1. The van der Waals surface area contributed by atoms with Gasteiger partial charge in [0.05, 0.1) is 0 Å². The third kappa shape index (κ3) is 2.30. The van der Waals surface area contributed by atoms with Crippen LogP contribution in [0.1, 0.15) is 21.5 Å². The Bertz CT molecular complexity index is 950. The van der Waals surface area contributed by atoms with Crippen LogP contribution in [0.5, 0.6) is 0 Å². The van der Waals surface area contributed by atoms with Crippen molar-refractivity contribution in [2.24, 2.45) is 0 Å². The Hall–Kier alpha value is -3.22. The molecule has 0 bridgehead atoms. The van der Waals surface area contributed by atoms with E-state index in [0.29, 0.717) is 23.0 Å². The van der Waals surface area contributed by atoms with E-state index in [1.54, 1.807) is 18.2 Å². The van der Waals surface area contributed by atoms with E-state index >= 15 is 0 Å². The lowest BCUT2D eigenvalue weighted by molar-refractivity contribution is -0.142. The summed E-state index contributed by atoms with van der Waals surface area (Å²) in [4.78, 5) is 26.0. The van der Waals surface area contributed by atoms with E-state index in [4.69, 9.17) is 0 Å². The summed E-state index contributed by atoms with van der Waals surface area (Å²) < 4.78 is 0. The molecule has 2 aromatic carbocycles. The van der Waals surface area contributed by atoms with Gasteiger partial charge in [0.25, 0.3) is 5.91 Å². The van der Waals surface area contributed by atoms with E-state index in [1.807, 2.05) is 24.3 Å². The number of fused-ring (bicyclic) bond motifs is 2. The molecule has 0 saturated heterocycles. The second-order valence-electron chi connectivity index (χ2n) is 5.79. The first-order chi connectivity index (χ1) is 11.6. The summed E-state index contributed by atoms with van der Waals surface area (Å²) in [6.07, 6.45) is 0.309. The van der Waals surface area contributed by atoms with Gasteiger partial charge in [0, 0.05) is 18.5 Å². The summed E-state index contributed by atoms with van der Waals surface area (Å²) in [5.74, 6) is -1.32. The number of H-pyrrole nitrogens is 1. The van der Waals surface area contributed by atoms with Crippen LogP contribution in [0.2, 0.25) is 0 Å². The Morgan fingerprint density at radius 3 is 2.62 bits per heavy atom. The quantitative estimate of drug-likeness (QED) is 0.747. The van der Waals surface area contributed by atoms with Gasteiger partial charge in [-0.3, -0.25) is 4.79 Å². The minimum absolute atomic E-state index is 0.281. The van der Waals surface area contributed by atoms with Gasteiger partial charge in [-0.15, -0.1) is 0 Å². The number of amides is 1.